The number of aromatic hydroxyl groups is 1. The Balaban J connectivity index is 3.22. The molecule has 0 bridgehead atoms. The van der Waals surface area contributed by atoms with Gasteiger partial charge in [-0.3, -0.25) is 19.9 Å². The van der Waals surface area contributed by atoms with E-state index in [4.69, 9.17) is 10.2 Å². The molecule has 1 aromatic rings. The van der Waals surface area contributed by atoms with Crippen molar-refractivity contribution in [1.29, 1.82) is 0 Å². The zero-order chi connectivity index (χ0) is 10.7. The van der Waals surface area contributed by atoms with Gasteiger partial charge in [-0.2, -0.15) is 0 Å². The van der Waals surface area contributed by atoms with E-state index in [-0.39, 0.29) is 5.56 Å². The molecule has 0 spiro atoms. The van der Waals surface area contributed by atoms with E-state index >= 15 is 0 Å². The molecule has 0 radical (unpaired) electrons. The van der Waals surface area contributed by atoms with Gasteiger partial charge in [-0.15, -0.1) is 0 Å². The number of carbonyl (C=O) groups is 1. The number of pyridine rings is 1. The smallest absolute Gasteiger partial charge is 0.308 e. The fraction of sp³-hybridized carbons (Fsp3) is 0.143. The molecule has 0 fully saturated rings. The van der Waals surface area contributed by atoms with Crippen LogP contribution < -0.4 is 0 Å². The zero-order valence-electron chi connectivity index (χ0n) is 6.88. The molecule has 0 aliphatic carbocycles. The summed E-state index contributed by atoms with van der Waals surface area (Å²) < 4.78 is 0. The number of aromatic nitrogens is 1. The van der Waals surface area contributed by atoms with Crippen molar-refractivity contribution in [3.63, 3.8) is 0 Å². The van der Waals surface area contributed by atoms with Crippen LogP contribution in [0.4, 0.5) is 5.69 Å². The van der Waals surface area contributed by atoms with Crippen LogP contribution in [0.3, 0.4) is 0 Å². The van der Waals surface area contributed by atoms with Crippen molar-refractivity contribution in [3.05, 3.63) is 28.1 Å². The van der Waals surface area contributed by atoms with E-state index in [2.05, 4.69) is 4.98 Å². The lowest BCUT2D eigenvalue weighted by atomic mass is 10.1. The summed E-state index contributed by atoms with van der Waals surface area (Å²) >= 11 is 0. The van der Waals surface area contributed by atoms with Crippen LogP contribution in [0.25, 0.3) is 0 Å². The number of aliphatic carboxylic acids is 1. The maximum absolute atomic E-state index is 10.4. The largest absolute Gasteiger partial charge is 0.506 e. The third-order valence-electron chi connectivity index (χ3n) is 1.54. The van der Waals surface area contributed by atoms with Crippen LogP contribution >= 0.6 is 0 Å². The third-order valence-corrected chi connectivity index (χ3v) is 1.54. The summed E-state index contributed by atoms with van der Waals surface area (Å²) in [6, 6.07) is 0. The molecular weight excluding hydrogens is 192 g/mol. The molecular formula is C7H6N2O5. The Bertz CT molecular complexity index is 390. The van der Waals surface area contributed by atoms with Crippen LogP contribution in [0.15, 0.2) is 12.4 Å². The molecule has 1 rings (SSSR count). The lowest BCUT2D eigenvalue weighted by molar-refractivity contribution is -0.385. The first-order valence-corrected chi connectivity index (χ1v) is 3.54. The normalized spacial score (nSPS) is 9.71. The summed E-state index contributed by atoms with van der Waals surface area (Å²) in [5, 5.41) is 28.0. The van der Waals surface area contributed by atoms with E-state index in [1.165, 1.54) is 0 Å². The van der Waals surface area contributed by atoms with Gasteiger partial charge in [0.15, 0.2) is 0 Å². The summed E-state index contributed by atoms with van der Waals surface area (Å²) in [4.78, 5) is 23.4. The Morgan fingerprint density at radius 3 is 2.71 bits per heavy atom. The highest BCUT2D eigenvalue weighted by Crippen LogP contribution is 2.25. The van der Waals surface area contributed by atoms with Gasteiger partial charge in [0.2, 0.25) is 0 Å². The Morgan fingerprint density at radius 1 is 1.57 bits per heavy atom. The van der Waals surface area contributed by atoms with E-state index < -0.39 is 28.8 Å². The zero-order valence-corrected chi connectivity index (χ0v) is 6.88. The van der Waals surface area contributed by atoms with E-state index in [9.17, 15) is 14.9 Å². The maximum Gasteiger partial charge on any atom is 0.308 e. The van der Waals surface area contributed by atoms with Crippen LogP contribution in [0.2, 0.25) is 0 Å². The molecule has 0 aliphatic rings. The first kappa shape index (κ1) is 9.90. The van der Waals surface area contributed by atoms with Crippen molar-refractivity contribution in [2.24, 2.45) is 0 Å². The molecule has 0 saturated heterocycles. The molecule has 14 heavy (non-hydrogen) atoms. The highest BCUT2D eigenvalue weighted by Gasteiger charge is 2.20. The van der Waals surface area contributed by atoms with Crippen LogP contribution in [0, 0.1) is 10.1 Å². The predicted octanol–water partition coefficient (Wildman–Crippen LogP) is 0.322. The highest BCUT2D eigenvalue weighted by molar-refractivity contribution is 5.73. The fourth-order valence-electron chi connectivity index (χ4n) is 0.955. The van der Waals surface area contributed by atoms with Crippen molar-refractivity contribution >= 4 is 11.7 Å². The third kappa shape index (κ3) is 1.94. The molecule has 0 amide bonds. The second kappa shape index (κ2) is 3.69. The van der Waals surface area contributed by atoms with Gasteiger partial charge in [0.1, 0.15) is 11.9 Å². The van der Waals surface area contributed by atoms with Crippen molar-refractivity contribution in [2.75, 3.05) is 0 Å². The summed E-state index contributed by atoms with van der Waals surface area (Å²) in [6.45, 7) is 0. The van der Waals surface area contributed by atoms with Gasteiger partial charge >= 0.3 is 5.97 Å². The topological polar surface area (TPSA) is 114 Å². The molecule has 0 saturated carbocycles. The number of carboxylic acids is 1. The molecule has 0 unspecified atom stereocenters. The standard InChI is InChI=1S/C7H6N2O5/c10-6-3-8-2-5(9(13)14)4(6)1-7(11)12/h2-3,10H,1H2,(H,11,12). The molecule has 0 aliphatic heterocycles. The lowest BCUT2D eigenvalue weighted by Crippen LogP contribution is -2.04. The molecule has 7 nitrogen and oxygen atoms in total. The fourth-order valence-corrected chi connectivity index (χ4v) is 0.955. The van der Waals surface area contributed by atoms with Gasteiger partial charge in [-0.25, -0.2) is 0 Å². The van der Waals surface area contributed by atoms with Gasteiger partial charge < -0.3 is 10.2 Å². The minimum Gasteiger partial charge on any atom is -0.506 e. The Kier molecular flexibility index (Phi) is 2.61. The number of hydrogen-bond donors (Lipinski definition) is 2. The van der Waals surface area contributed by atoms with Crippen LogP contribution in [-0.2, 0) is 11.2 Å². The lowest BCUT2D eigenvalue weighted by Gasteiger charge is -2.01. The quantitative estimate of drug-likeness (QED) is 0.534. The van der Waals surface area contributed by atoms with Crippen LogP contribution in [-0.4, -0.2) is 26.1 Å². The average Bonchev–Trinajstić information content (AvgIpc) is 2.07. The number of nitro groups is 1. The van der Waals surface area contributed by atoms with Gasteiger partial charge in [-0.1, -0.05) is 0 Å². The summed E-state index contributed by atoms with van der Waals surface area (Å²) in [5.74, 6) is -1.74. The van der Waals surface area contributed by atoms with Gasteiger partial charge in [0, 0.05) is 0 Å². The Labute approximate surface area is 77.8 Å². The first-order valence-electron chi connectivity index (χ1n) is 3.54. The predicted molar refractivity (Wildman–Crippen MR) is 43.9 cm³/mol. The van der Waals surface area contributed by atoms with Gasteiger partial charge in [0.25, 0.3) is 5.69 Å². The average molecular weight is 198 g/mol. The van der Waals surface area contributed by atoms with E-state index in [1.807, 2.05) is 0 Å². The second-order valence-electron chi connectivity index (χ2n) is 2.48. The summed E-state index contributed by atoms with van der Waals surface area (Å²) in [6.07, 6.45) is 1.26. The van der Waals surface area contributed by atoms with Gasteiger partial charge in [0.05, 0.1) is 23.1 Å². The van der Waals surface area contributed by atoms with Gasteiger partial charge in [-0.05, 0) is 0 Å². The number of hydrogen-bond acceptors (Lipinski definition) is 5. The van der Waals surface area contributed by atoms with Crippen molar-refractivity contribution in [2.45, 2.75) is 6.42 Å². The summed E-state index contributed by atoms with van der Waals surface area (Å²) in [5.41, 5.74) is -0.732. The highest BCUT2D eigenvalue weighted by atomic mass is 16.6. The van der Waals surface area contributed by atoms with Crippen LogP contribution in [0.1, 0.15) is 5.56 Å². The minimum absolute atomic E-state index is 0.238. The second-order valence-corrected chi connectivity index (χ2v) is 2.48. The summed E-state index contributed by atoms with van der Waals surface area (Å²) in [7, 11) is 0. The maximum atomic E-state index is 10.4. The molecule has 7 heteroatoms. The van der Waals surface area contributed by atoms with E-state index in [1.54, 1.807) is 0 Å². The van der Waals surface area contributed by atoms with Crippen molar-refractivity contribution in [1.82, 2.24) is 4.98 Å². The molecule has 0 aromatic carbocycles. The van der Waals surface area contributed by atoms with E-state index in [0.29, 0.717) is 0 Å². The van der Waals surface area contributed by atoms with Crippen molar-refractivity contribution in [3.8, 4) is 5.75 Å². The molecule has 74 valence electrons. The Hall–Kier alpha value is -2.18. The number of carboxylic acid groups (broad SMARTS) is 1. The molecule has 0 atom stereocenters. The van der Waals surface area contributed by atoms with E-state index in [0.717, 1.165) is 12.4 Å². The number of nitrogens with zero attached hydrogens (tertiary/aromatic N) is 2. The molecule has 1 aromatic heterocycles. The number of rotatable bonds is 3. The molecule has 2 N–H and O–H groups in total. The molecule has 1 heterocycles. The Morgan fingerprint density at radius 2 is 2.21 bits per heavy atom. The van der Waals surface area contributed by atoms with Crippen LogP contribution in [0.5, 0.6) is 5.75 Å². The van der Waals surface area contributed by atoms with Crippen molar-refractivity contribution < 1.29 is 19.9 Å². The SMILES string of the molecule is O=C(O)Cc1c(O)cncc1[N+](=O)[O-]. The minimum atomic E-state index is -1.25. The monoisotopic (exact) mass is 198 g/mol. The first-order chi connectivity index (χ1) is 6.52.